The van der Waals surface area contributed by atoms with E-state index in [0.717, 1.165) is 79.2 Å². The number of benzene rings is 2. The van der Waals surface area contributed by atoms with Crippen LogP contribution in [0.25, 0.3) is 16.5 Å². The first-order valence-electron chi connectivity index (χ1n) is 15.4. The fraction of sp³-hybridized carbons (Fsp3) is 0.441. The molecule has 4 heterocycles. The monoisotopic (exact) mass is 581 g/mol. The third-order valence-corrected chi connectivity index (χ3v) is 8.73. The van der Waals surface area contributed by atoms with E-state index >= 15 is 0 Å². The first-order valence-corrected chi connectivity index (χ1v) is 15.4. The van der Waals surface area contributed by atoms with Crippen molar-refractivity contribution in [3.05, 3.63) is 72.2 Å². The summed E-state index contributed by atoms with van der Waals surface area (Å²) in [6.45, 7) is 15.3. The molecule has 2 atom stereocenters. The lowest BCUT2D eigenvalue weighted by molar-refractivity contribution is 0.00899. The molecule has 43 heavy (non-hydrogen) atoms. The van der Waals surface area contributed by atoms with Crippen molar-refractivity contribution in [1.82, 2.24) is 19.7 Å². The van der Waals surface area contributed by atoms with Gasteiger partial charge in [-0.05, 0) is 51.0 Å². The number of urea groups is 1. The van der Waals surface area contributed by atoms with Crippen LogP contribution in [-0.4, -0.2) is 70.6 Å². The van der Waals surface area contributed by atoms with Gasteiger partial charge in [0.1, 0.15) is 5.82 Å². The molecule has 0 spiro atoms. The van der Waals surface area contributed by atoms with Gasteiger partial charge in [-0.25, -0.2) is 9.48 Å². The summed E-state index contributed by atoms with van der Waals surface area (Å²) in [5.74, 6) is 0.589. The molecule has 9 heteroatoms. The van der Waals surface area contributed by atoms with Gasteiger partial charge in [-0.15, -0.1) is 0 Å². The molecule has 2 aromatic carbocycles. The number of fused-ring (bicyclic) bond motifs is 1. The zero-order chi connectivity index (χ0) is 30.1. The molecule has 2 N–H and O–H groups in total. The number of piperidine rings is 1. The van der Waals surface area contributed by atoms with E-state index < -0.39 is 0 Å². The molecular weight excluding hydrogens is 538 g/mol. The average molecular weight is 582 g/mol. The number of nitrogens with one attached hydrogen (secondary N) is 2. The largest absolute Gasteiger partial charge is 0.379 e. The summed E-state index contributed by atoms with van der Waals surface area (Å²) in [6.07, 6.45) is 4.05. The first kappa shape index (κ1) is 29.1. The molecule has 2 amide bonds. The predicted molar refractivity (Wildman–Crippen MR) is 174 cm³/mol. The maximum absolute atomic E-state index is 13.4. The number of nitrogens with zero attached hydrogens (tertiary/aromatic N) is 5. The Bertz CT molecular complexity index is 1580. The van der Waals surface area contributed by atoms with E-state index in [4.69, 9.17) is 9.84 Å². The molecule has 4 aromatic rings. The summed E-state index contributed by atoms with van der Waals surface area (Å²) < 4.78 is 7.32. The molecule has 6 rings (SSSR count). The van der Waals surface area contributed by atoms with Gasteiger partial charge in [-0.1, -0.05) is 45.0 Å². The highest BCUT2D eigenvalue weighted by atomic mass is 16.5. The summed E-state index contributed by atoms with van der Waals surface area (Å²) in [5, 5.41) is 13.1. The Morgan fingerprint density at radius 3 is 2.44 bits per heavy atom. The predicted octanol–water partition coefficient (Wildman–Crippen LogP) is 6.36. The second kappa shape index (κ2) is 12.0. The lowest BCUT2D eigenvalue weighted by atomic mass is 9.92. The second-order valence-corrected chi connectivity index (χ2v) is 12.9. The summed E-state index contributed by atoms with van der Waals surface area (Å²) in [6, 6.07) is 19.1. The third kappa shape index (κ3) is 6.24. The SMILES string of the molecule is Cc1ccc(-n2nc(C(C)(C)C)cc2NC(=O)Nc2ccc(N3CCC(N4CCOCC4)CC3C)c3ccccc23)cn1. The quantitative estimate of drug-likeness (QED) is 0.285. The van der Waals surface area contributed by atoms with Crippen LogP contribution in [0.1, 0.15) is 51.9 Å². The van der Waals surface area contributed by atoms with Crippen LogP contribution in [0, 0.1) is 6.92 Å². The number of amides is 2. The number of hydrogen-bond donors (Lipinski definition) is 2. The first-order chi connectivity index (χ1) is 20.7. The van der Waals surface area contributed by atoms with Crippen LogP contribution in [0.3, 0.4) is 0 Å². The topological polar surface area (TPSA) is 87.6 Å². The Kier molecular flexibility index (Phi) is 8.11. The van der Waals surface area contributed by atoms with Gasteiger partial charge in [0.2, 0.25) is 0 Å². The molecule has 2 aromatic heterocycles. The molecule has 2 saturated heterocycles. The fourth-order valence-corrected chi connectivity index (χ4v) is 6.31. The number of aryl methyl sites for hydroxylation is 1. The van der Waals surface area contributed by atoms with Crippen molar-refractivity contribution in [2.75, 3.05) is 48.4 Å². The number of ether oxygens (including phenoxy) is 1. The number of carbonyl (C=O) groups excluding carboxylic acids is 1. The average Bonchev–Trinajstić information content (AvgIpc) is 3.43. The van der Waals surface area contributed by atoms with E-state index in [9.17, 15) is 4.79 Å². The Morgan fingerprint density at radius 2 is 1.74 bits per heavy atom. The molecule has 2 fully saturated rings. The van der Waals surface area contributed by atoms with Gasteiger partial charge < -0.3 is 15.0 Å². The standard InChI is InChI=1S/C34H43N7O2/c1-23-10-11-26(22-35-23)41-32(21-31(38-41)34(3,4)5)37-33(42)36-29-12-13-30(28-9-7-6-8-27(28)29)40-15-14-25(20-24(40)2)39-16-18-43-19-17-39/h6-13,21-22,24-25H,14-20H2,1-5H3,(H2,36,37,42). The molecule has 2 aliphatic heterocycles. The van der Waals surface area contributed by atoms with Crippen molar-refractivity contribution < 1.29 is 9.53 Å². The molecule has 0 aliphatic carbocycles. The molecular formula is C34H43N7O2. The Balaban J connectivity index is 1.22. The van der Waals surface area contributed by atoms with Gasteiger partial charge in [0.05, 0.1) is 36.5 Å². The van der Waals surface area contributed by atoms with E-state index in [-0.39, 0.29) is 11.4 Å². The Morgan fingerprint density at radius 1 is 0.977 bits per heavy atom. The van der Waals surface area contributed by atoms with Crippen LogP contribution in [0.5, 0.6) is 0 Å². The van der Waals surface area contributed by atoms with E-state index in [1.54, 1.807) is 10.9 Å². The van der Waals surface area contributed by atoms with Crippen molar-refractivity contribution in [2.24, 2.45) is 0 Å². The highest BCUT2D eigenvalue weighted by molar-refractivity contribution is 6.09. The summed E-state index contributed by atoms with van der Waals surface area (Å²) in [7, 11) is 0. The molecule has 9 nitrogen and oxygen atoms in total. The smallest absolute Gasteiger partial charge is 0.324 e. The van der Waals surface area contributed by atoms with E-state index in [1.165, 1.54) is 5.69 Å². The third-order valence-electron chi connectivity index (χ3n) is 8.73. The molecule has 0 saturated carbocycles. The lowest BCUT2D eigenvalue weighted by Gasteiger charge is -2.44. The fourth-order valence-electron chi connectivity index (χ4n) is 6.31. The highest BCUT2D eigenvalue weighted by Gasteiger charge is 2.31. The van der Waals surface area contributed by atoms with Crippen LogP contribution >= 0.6 is 0 Å². The van der Waals surface area contributed by atoms with Gasteiger partial charge in [-0.2, -0.15) is 5.10 Å². The summed E-state index contributed by atoms with van der Waals surface area (Å²) >= 11 is 0. The second-order valence-electron chi connectivity index (χ2n) is 12.9. The molecule has 0 radical (unpaired) electrons. The number of rotatable bonds is 5. The lowest BCUT2D eigenvalue weighted by Crippen LogP contribution is -2.52. The van der Waals surface area contributed by atoms with Gasteiger partial charge in [0.15, 0.2) is 0 Å². The summed E-state index contributed by atoms with van der Waals surface area (Å²) in [4.78, 5) is 23.0. The van der Waals surface area contributed by atoms with Crippen LogP contribution in [-0.2, 0) is 10.2 Å². The zero-order valence-corrected chi connectivity index (χ0v) is 25.9. The van der Waals surface area contributed by atoms with Gasteiger partial charge in [0, 0.05) is 65.4 Å². The number of anilines is 3. The number of aromatic nitrogens is 3. The van der Waals surface area contributed by atoms with Crippen molar-refractivity contribution in [1.29, 1.82) is 0 Å². The number of pyridine rings is 1. The molecule has 226 valence electrons. The van der Waals surface area contributed by atoms with Crippen molar-refractivity contribution in [2.45, 2.75) is 65.0 Å². The maximum atomic E-state index is 13.4. The zero-order valence-electron chi connectivity index (χ0n) is 25.9. The number of carbonyl (C=O) groups is 1. The summed E-state index contributed by atoms with van der Waals surface area (Å²) in [5.41, 5.74) is 4.39. The molecule has 2 unspecified atom stereocenters. The van der Waals surface area contributed by atoms with Crippen LogP contribution in [0.2, 0.25) is 0 Å². The van der Waals surface area contributed by atoms with Crippen molar-refractivity contribution in [3.63, 3.8) is 0 Å². The van der Waals surface area contributed by atoms with Crippen LogP contribution < -0.4 is 15.5 Å². The Labute approximate surface area is 254 Å². The van der Waals surface area contributed by atoms with E-state index in [2.05, 4.69) is 77.4 Å². The number of hydrogen-bond acceptors (Lipinski definition) is 6. The Hall–Kier alpha value is -3.95. The maximum Gasteiger partial charge on any atom is 0.324 e. The van der Waals surface area contributed by atoms with Gasteiger partial charge in [0.25, 0.3) is 0 Å². The highest BCUT2D eigenvalue weighted by Crippen LogP contribution is 2.36. The normalized spacial score (nSPS) is 19.9. The minimum atomic E-state index is -0.320. The minimum Gasteiger partial charge on any atom is -0.379 e. The van der Waals surface area contributed by atoms with E-state index in [1.807, 2.05) is 37.3 Å². The van der Waals surface area contributed by atoms with E-state index in [0.29, 0.717) is 17.9 Å². The van der Waals surface area contributed by atoms with Gasteiger partial charge in [-0.3, -0.25) is 15.2 Å². The van der Waals surface area contributed by atoms with Crippen molar-refractivity contribution >= 4 is 34.0 Å². The van der Waals surface area contributed by atoms with Crippen LogP contribution in [0.15, 0.2) is 60.8 Å². The molecule has 2 aliphatic rings. The molecule has 0 bridgehead atoms. The van der Waals surface area contributed by atoms with Crippen LogP contribution in [0.4, 0.5) is 22.0 Å². The minimum absolute atomic E-state index is 0.184. The number of morpholine rings is 1. The van der Waals surface area contributed by atoms with Crippen molar-refractivity contribution in [3.8, 4) is 5.69 Å². The van der Waals surface area contributed by atoms with Gasteiger partial charge >= 0.3 is 6.03 Å².